The zero-order valence-corrected chi connectivity index (χ0v) is 12.0. The number of hydrogen-bond donors (Lipinski definition) is 1. The van der Waals surface area contributed by atoms with Gasteiger partial charge in [0.2, 0.25) is 0 Å². The van der Waals surface area contributed by atoms with Gasteiger partial charge in [-0.05, 0) is 37.9 Å². The van der Waals surface area contributed by atoms with Gasteiger partial charge in [0.15, 0.2) is 0 Å². The largest absolute Gasteiger partial charge is 0.496 e. The van der Waals surface area contributed by atoms with Crippen molar-refractivity contribution in [3.63, 3.8) is 0 Å². The Bertz CT molecular complexity index is 386. The molecule has 3 nitrogen and oxygen atoms in total. The highest BCUT2D eigenvalue weighted by Crippen LogP contribution is 2.27. The van der Waals surface area contributed by atoms with Gasteiger partial charge in [-0.2, -0.15) is 0 Å². The van der Waals surface area contributed by atoms with Crippen molar-refractivity contribution in [2.24, 2.45) is 5.92 Å². The van der Waals surface area contributed by atoms with Gasteiger partial charge in [-0.3, -0.25) is 0 Å². The summed E-state index contributed by atoms with van der Waals surface area (Å²) < 4.78 is 5.31. The third-order valence-corrected chi connectivity index (χ3v) is 4.21. The lowest BCUT2D eigenvalue weighted by molar-refractivity contribution is 0.0871. The van der Waals surface area contributed by atoms with E-state index in [1.165, 1.54) is 19.3 Å². The fraction of sp³-hybridized carbons (Fsp3) is 0.625. The number of hydrogen-bond acceptors (Lipinski definition) is 3. The van der Waals surface area contributed by atoms with E-state index in [4.69, 9.17) is 4.74 Å². The highest BCUT2D eigenvalue weighted by atomic mass is 16.5. The van der Waals surface area contributed by atoms with Crippen LogP contribution in [0.3, 0.4) is 0 Å². The molecule has 0 spiro atoms. The Hall–Kier alpha value is -1.06. The summed E-state index contributed by atoms with van der Waals surface area (Å²) in [6.07, 6.45) is 3.34. The molecule has 1 aromatic rings. The van der Waals surface area contributed by atoms with Crippen molar-refractivity contribution < 1.29 is 9.84 Å². The van der Waals surface area contributed by atoms with Crippen LogP contribution in [0.2, 0.25) is 0 Å². The Kier molecular flexibility index (Phi) is 5.23. The lowest BCUT2D eigenvalue weighted by Crippen LogP contribution is -2.36. The van der Waals surface area contributed by atoms with Gasteiger partial charge in [-0.25, -0.2) is 0 Å². The summed E-state index contributed by atoms with van der Waals surface area (Å²) in [4.78, 5) is 2.36. The Labute approximate surface area is 116 Å². The molecule has 0 aromatic heterocycles. The van der Waals surface area contributed by atoms with Crippen LogP contribution in [0, 0.1) is 5.92 Å². The van der Waals surface area contributed by atoms with Crippen molar-refractivity contribution in [1.82, 2.24) is 4.90 Å². The minimum Gasteiger partial charge on any atom is -0.496 e. The molecular weight excluding hydrogens is 238 g/mol. The van der Waals surface area contributed by atoms with E-state index in [1.807, 2.05) is 24.3 Å². The molecule has 2 rings (SSSR count). The first-order chi connectivity index (χ1) is 9.24. The van der Waals surface area contributed by atoms with E-state index < -0.39 is 6.10 Å². The van der Waals surface area contributed by atoms with Gasteiger partial charge in [0.05, 0.1) is 13.2 Å². The second-order valence-corrected chi connectivity index (χ2v) is 5.41. The van der Waals surface area contributed by atoms with Gasteiger partial charge < -0.3 is 14.7 Å². The normalized spacial score (nSPS) is 19.3. The monoisotopic (exact) mass is 263 g/mol. The third kappa shape index (κ3) is 3.71. The molecule has 0 amide bonds. The maximum Gasteiger partial charge on any atom is 0.124 e. The standard InChI is InChI=1S/C16H25NO2/c1-3-13-8-10-17(11-9-13)12-15(18)14-6-4-5-7-16(14)19-2/h4-7,13,15,18H,3,8-12H2,1-2H3. The topological polar surface area (TPSA) is 32.7 Å². The number of likely N-dealkylation sites (tertiary alicyclic amines) is 1. The average Bonchev–Trinajstić information content (AvgIpc) is 2.48. The number of aliphatic hydroxyl groups is 1. The first kappa shape index (κ1) is 14.4. The smallest absolute Gasteiger partial charge is 0.124 e. The molecule has 0 saturated carbocycles. The predicted octanol–water partition coefficient (Wildman–Crippen LogP) is 2.85. The Balaban J connectivity index is 1.92. The van der Waals surface area contributed by atoms with E-state index in [9.17, 15) is 5.11 Å². The first-order valence-corrected chi connectivity index (χ1v) is 7.28. The second-order valence-electron chi connectivity index (χ2n) is 5.41. The lowest BCUT2D eigenvalue weighted by atomic mass is 9.94. The fourth-order valence-electron chi connectivity index (χ4n) is 2.86. The third-order valence-electron chi connectivity index (χ3n) is 4.21. The summed E-state index contributed by atoms with van der Waals surface area (Å²) in [5, 5.41) is 10.4. The Morgan fingerprint density at radius 3 is 2.63 bits per heavy atom. The van der Waals surface area contributed by atoms with E-state index in [1.54, 1.807) is 7.11 Å². The number of β-amino-alcohol motifs (C(OH)–C–C–N with tert-alkyl or cyclic N) is 1. The van der Waals surface area contributed by atoms with Crippen molar-refractivity contribution in [3.8, 4) is 5.75 Å². The molecule has 3 heteroatoms. The van der Waals surface area contributed by atoms with E-state index >= 15 is 0 Å². The average molecular weight is 263 g/mol. The minimum absolute atomic E-state index is 0.464. The molecule has 0 radical (unpaired) electrons. The quantitative estimate of drug-likeness (QED) is 0.886. The van der Waals surface area contributed by atoms with Crippen LogP contribution in [0.4, 0.5) is 0 Å². The lowest BCUT2D eigenvalue weighted by Gasteiger charge is -2.33. The summed E-state index contributed by atoms with van der Waals surface area (Å²) in [6, 6.07) is 7.73. The van der Waals surface area contributed by atoms with E-state index in [0.717, 1.165) is 30.3 Å². The van der Waals surface area contributed by atoms with Crippen LogP contribution in [-0.2, 0) is 0 Å². The Morgan fingerprint density at radius 2 is 2.00 bits per heavy atom. The number of methoxy groups -OCH3 is 1. The van der Waals surface area contributed by atoms with Crippen molar-refractivity contribution >= 4 is 0 Å². The number of benzene rings is 1. The summed E-state index contributed by atoms with van der Waals surface area (Å²) in [7, 11) is 1.65. The van der Waals surface area contributed by atoms with E-state index in [0.29, 0.717) is 6.54 Å². The molecule has 1 N–H and O–H groups in total. The molecule has 1 atom stereocenters. The SMILES string of the molecule is CCC1CCN(CC(O)c2ccccc2OC)CC1. The van der Waals surface area contributed by atoms with Crippen molar-refractivity contribution in [2.45, 2.75) is 32.3 Å². The molecular formula is C16H25NO2. The van der Waals surface area contributed by atoms with Gasteiger partial charge in [-0.15, -0.1) is 0 Å². The molecule has 106 valence electrons. The van der Waals surface area contributed by atoms with Crippen LogP contribution >= 0.6 is 0 Å². The van der Waals surface area contributed by atoms with Crippen LogP contribution in [0.5, 0.6) is 5.75 Å². The second kappa shape index (κ2) is 6.92. The molecule has 1 aliphatic heterocycles. The molecule has 1 aromatic carbocycles. The molecule has 1 aliphatic rings. The van der Waals surface area contributed by atoms with Gasteiger partial charge in [0.1, 0.15) is 5.75 Å². The number of rotatable bonds is 5. The molecule has 1 saturated heterocycles. The number of para-hydroxylation sites is 1. The summed E-state index contributed by atoms with van der Waals surface area (Å²) >= 11 is 0. The Morgan fingerprint density at radius 1 is 1.32 bits per heavy atom. The summed E-state index contributed by atoms with van der Waals surface area (Å²) in [5.74, 6) is 1.65. The van der Waals surface area contributed by atoms with Gasteiger partial charge in [0.25, 0.3) is 0 Å². The number of nitrogens with zero attached hydrogens (tertiary/aromatic N) is 1. The zero-order valence-electron chi connectivity index (χ0n) is 12.0. The number of ether oxygens (including phenoxy) is 1. The highest BCUT2D eigenvalue weighted by Gasteiger charge is 2.21. The highest BCUT2D eigenvalue weighted by molar-refractivity contribution is 5.35. The van der Waals surface area contributed by atoms with E-state index in [2.05, 4.69) is 11.8 Å². The van der Waals surface area contributed by atoms with Crippen LogP contribution < -0.4 is 4.74 Å². The van der Waals surface area contributed by atoms with Gasteiger partial charge in [0, 0.05) is 12.1 Å². The molecule has 1 fully saturated rings. The van der Waals surface area contributed by atoms with Crippen LogP contribution in [0.1, 0.15) is 37.9 Å². The van der Waals surface area contributed by atoms with Crippen LogP contribution in [0.15, 0.2) is 24.3 Å². The molecule has 1 heterocycles. The number of aliphatic hydroxyl groups excluding tert-OH is 1. The van der Waals surface area contributed by atoms with Gasteiger partial charge >= 0.3 is 0 Å². The minimum atomic E-state index is -0.464. The van der Waals surface area contributed by atoms with Crippen molar-refractivity contribution in [2.75, 3.05) is 26.7 Å². The molecule has 0 bridgehead atoms. The molecule has 0 aliphatic carbocycles. The van der Waals surface area contributed by atoms with Crippen molar-refractivity contribution in [1.29, 1.82) is 0 Å². The van der Waals surface area contributed by atoms with E-state index in [-0.39, 0.29) is 0 Å². The van der Waals surface area contributed by atoms with Crippen LogP contribution in [0.25, 0.3) is 0 Å². The first-order valence-electron chi connectivity index (χ1n) is 7.28. The molecule has 19 heavy (non-hydrogen) atoms. The summed E-state index contributed by atoms with van der Waals surface area (Å²) in [6.45, 7) is 5.18. The molecule has 1 unspecified atom stereocenters. The maximum atomic E-state index is 10.4. The fourth-order valence-corrected chi connectivity index (χ4v) is 2.86. The maximum absolute atomic E-state index is 10.4. The zero-order chi connectivity index (χ0) is 13.7. The van der Waals surface area contributed by atoms with Crippen molar-refractivity contribution in [3.05, 3.63) is 29.8 Å². The van der Waals surface area contributed by atoms with Crippen LogP contribution in [-0.4, -0.2) is 36.8 Å². The van der Waals surface area contributed by atoms with Gasteiger partial charge in [-0.1, -0.05) is 31.5 Å². The summed E-state index contributed by atoms with van der Waals surface area (Å²) in [5.41, 5.74) is 0.891. The predicted molar refractivity (Wildman–Crippen MR) is 77.4 cm³/mol. The number of piperidine rings is 1.